The second-order valence-electron chi connectivity index (χ2n) is 7.75. The number of hydrogen-bond acceptors (Lipinski definition) is 3. The minimum Gasteiger partial charge on any atom is -0.341 e. The maximum absolute atomic E-state index is 13.1. The Morgan fingerprint density at radius 1 is 1.08 bits per heavy atom. The van der Waals surface area contributed by atoms with Crippen molar-refractivity contribution in [1.82, 2.24) is 15.1 Å². The molecule has 0 aromatic heterocycles. The third kappa shape index (κ3) is 3.09. The summed E-state index contributed by atoms with van der Waals surface area (Å²) >= 11 is 0. The van der Waals surface area contributed by atoms with E-state index >= 15 is 0 Å². The monoisotopic (exact) mass is 327 g/mol. The van der Waals surface area contributed by atoms with Gasteiger partial charge in [0.05, 0.1) is 6.04 Å². The Labute approximate surface area is 145 Å². The molecule has 1 amide bonds. The minimum atomic E-state index is -0.00517. The van der Waals surface area contributed by atoms with Crippen LogP contribution in [-0.4, -0.2) is 54.5 Å². The quantitative estimate of drug-likeness (QED) is 0.901. The molecular weight excluding hydrogens is 298 g/mol. The normalized spacial score (nSPS) is 28.8. The number of nitrogens with zero attached hydrogens (tertiary/aromatic N) is 2. The average molecular weight is 327 g/mol. The Kier molecular flexibility index (Phi) is 4.59. The van der Waals surface area contributed by atoms with Gasteiger partial charge in [0, 0.05) is 26.2 Å². The molecule has 4 nitrogen and oxygen atoms in total. The van der Waals surface area contributed by atoms with E-state index in [1.807, 2.05) is 0 Å². The van der Waals surface area contributed by atoms with Gasteiger partial charge in [0.1, 0.15) is 0 Å². The van der Waals surface area contributed by atoms with Gasteiger partial charge in [-0.15, -0.1) is 0 Å². The third-order valence-corrected chi connectivity index (χ3v) is 6.40. The van der Waals surface area contributed by atoms with Gasteiger partial charge in [0.2, 0.25) is 5.91 Å². The van der Waals surface area contributed by atoms with E-state index in [0.717, 1.165) is 57.5 Å². The molecule has 1 aromatic carbocycles. The van der Waals surface area contributed by atoms with E-state index in [9.17, 15) is 4.79 Å². The molecule has 2 saturated heterocycles. The van der Waals surface area contributed by atoms with Crippen LogP contribution in [0.25, 0.3) is 0 Å². The van der Waals surface area contributed by atoms with Crippen LogP contribution in [0.15, 0.2) is 24.3 Å². The van der Waals surface area contributed by atoms with Gasteiger partial charge in [-0.05, 0) is 62.2 Å². The number of rotatable bonds is 2. The standard InChI is InChI=1S/C20H29N3O/c1-15(23-11-6-16-4-2-3-5-19(16)14-23)20(24)22-9-7-17-12-21-13-18(17)8-10-22/h2-5,15,17-18,21H,6-14H2,1H3/t15?,17-,18+. The first-order valence-corrected chi connectivity index (χ1v) is 9.52. The second-order valence-corrected chi connectivity index (χ2v) is 7.75. The van der Waals surface area contributed by atoms with Crippen LogP contribution in [0.5, 0.6) is 0 Å². The molecule has 3 aliphatic heterocycles. The molecule has 1 unspecified atom stereocenters. The van der Waals surface area contributed by atoms with E-state index < -0.39 is 0 Å². The summed E-state index contributed by atoms with van der Waals surface area (Å²) in [6, 6.07) is 8.65. The van der Waals surface area contributed by atoms with Crippen molar-refractivity contribution < 1.29 is 4.79 Å². The van der Waals surface area contributed by atoms with Gasteiger partial charge in [-0.2, -0.15) is 0 Å². The fourth-order valence-corrected chi connectivity index (χ4v) is 4.71. The number of nitrogens with one attached hydrogen (secondary N) is 1. The van der Waals surface area contributed by atoms with Crippen molar-refractivity contribution in [1.29, 1.82) is 0 Å². The van der Waals surface area contributed by atoms with Crippen molar-refractivity contribution in [2.75, 3.05) is 32.7 Å². The van der Waals surface area contributed by atoms with Gasteiger partial charge >= 0.3 is 0 Å². The van der Waals surface area contributed by atoms with Crippen LogP contribution in [0.1, 0.15) is 30.9 Å². The van der Waals surface area contributed by atoms with Gasteiger partial charge in [-0.1, -0.05) is 24.3 Å². The number of likely N-dealkylation sites (tertiary alicyclic amines) is 1. The topological polar surface area (TPSA) is 35.6 Å². The highest BCUT2D eigenvalue weighted by Gasteiger charge is 2.34. The molecule has 3 atom stereocenters. The second kappa shape index (κ2) is 6.85. The highest BCUT2D eigenvalue weighted by molar-refractivity contribution is 5.81. The Bertz CT molecular complexity index is 588. The van der Waals surface area contributed by atoms with Crippen molar-refractivity contribution in [2.24, 2.45) is 11.8 Å². The van der Waals surface area contributed by atoms with Crippen molar-refractivity contribution in [3.63, 3.8) is 0 Å². The summed E-state index contributed by atoms with van der Waals surface area (Å²) in [5, 5.41) is 3.51. The Balaban J connectivity index is 1.39. The van der Waals surface area contributed by atoms with Gasteiger partial charge in [-0.25, -0.2) is 0 Å². The first-order valence-electron chi connectivity index (χ1n) is 9.52. The van der Waals surface area contributed by atoms with Crippen molar-refractivity contribution in [3.05, 3.63) is 35.4 Å². The largest absolute Gasteiger partial charge is 0.341 e. The summed E-state index contributed by atoms with van der Waals surface area (Å²) in [6.45, 7) is 8.17. The maximum atomic E-state index is 13.1. The SMILES string of the molecule is CC(C(=O)N1CC[C@@H]2CNC[C@@H]2CC1)N1CCc2ccccc2C1. The molecule has 0 aliphatic carbocycles. The summed E-state index contributed by atoms with van der Waals surface area (Å²) in [4.78, 5) is 17.6. The van der Waals surface area contributed by atoms with E-state index in [1.54, 1.807) is 0 Å². The molecule has 3 heterocycles. The van der Waals surface area contributed by atoms with Crippen LogP contribution >= 0.6 is 0 Å². The maximum Gasteiger partial charge on any atom is 0.239 e. The summed E-state index contributed by atoms with van der Waals surface area (Å²) < 4.78 is 0. The predicted octanol–water partition coefficient (Wildman–Crippen LogP) is 1.89. The fraction of sp³-hybridized carbons (Fsp3) is 0.650. The molecule has 130 valence electrons. The smallest absolute Gasteiger partial charge is 0.239 e. The van der Waals surface area contributed by atoms with E-state index in [0.29, 0.717) is 5.91 Å². The first kappa shape index (κ1) is 16.1. The molecule has 1 N–H and O–H groups in total. The molecule has 0 spiro atoms. The lowest BCUT2D eigenvalue weighted by Gasteiger charge is -2.35. The van der Waals surface area contributed by atoms with Crippen LogP contribution in [0.2, 0.25) is 0 Å². The van der Waals surface area contributed by atoms with Crippen LogP contribution in [-0.2, 0) is 17.8 Å². The van der Waals surface area contributed by atoms with E-state index in [4.69, 9.17) is 0 Å². The van der Waals surface area contributed by atoms with Gasteiger partial charge in [0.15, 0.2) is 0 Å². The van der Waals surface area contributed by atoms with E-state index in [1.165, 1.54) is 24.0 Å². The van der Waals surface area contributed by atoms with Crippen LogP contribution < -0.4 is 5.32 Å². The van der Waals surface area contributed by atoms with E-state index in [-0.39, 0.29) is 6.04 Å². The first-order chi connectivity index (χ1) is 11.7. The highest BCUT2D eigenvalue weighted by atomic mass is 16.2. The third-order valence-electron chi connectivity index (χ3n) is 6.40. The lowest BCUT2D eigenvalue weighted by Crippen LogP contribution is -2.49. The summed E-state index contributed by atoms with van der Waals surface area (Å²) in [7, 11) is 0. The van der Waals surface area contributed by atoms with Crippen molar-refractivity contribution in [2.45, 2.75) is 38.8 Å². The van der Waals surface area contributed by atoms with Crippen LogP contribution in [0.3, 0.4) is 0 Å². The zero-order valence-electron chi connectivity index (χ0n) is 14.7. The van der Waals surface area contributed by atoms with Gasteiger partial charge in [-0.3, -0.25) is 9.69 Å². The van der Waals surface area contributed by atoms with E-state index in [2.05, 4.69) is 46.3 Å². The summed E-state index contributed by atoms with van der Waals surface area (Å²) in [5.41, 5.74) is 2.84. The predicted molar refractivity (Wildman–Crippen MR) is 95.7 cm³/mol. The molecule has 0 bridgehead atoms. The number of hydrogen-bond donors (Lipinski definition) is 1. The molecule has 0 radical (unpaired) electrons. The minimum absolute atomic E-state index is 0.00517. The molecular formula is C20H29N3O. The molecule has 4 rings (SSSR count). The molecule has 24 heavy (non-hydrogen) atoms. The zero-order chi connectivity index (χ0) is 16.5. The lowest BCUT2D eigenvalue weighted by molar-refractivity contribution is -0.136. The van der Waals surface area contributed by atoms with Crippen LogP contribution in [0, 0.1) is 11.8 Å². The van der Waals surface area contributed by atoms with Gasteiger partial charge < -0.3 is 10.2 Å². The molecule has 0 saturated carbocycles. The van der Waals surface area contributed by atoms with Gasteiger partial charge in [0.25, 0.3) is 0 Å². The number of fused-ring (bicyclic) bond motifs is 2. The Morgan fingerprint density at radius 3 is 2.46 bits per heavy atom. The Hall–Kier alpha value is -1.39. The average Bonchev–Trinajstić information content (AvgIpc) is 2.98. The fourth-order valence-electron chi connectivity index (χ4n) is 4.71. The molecule has 2 fully saturated rings. The molecule has 4 heteroatoms. The lowest BCUT2D eigenvalue weighted by atomic mass is 9.92. The molecule has 3 aliphatic rings. The Morgan fingerprint density at radius 2 is 1.75 bits per heavy atom. The highest BCUT2D eigenvalue weighted by Crippen LogP contribution is 2.28. The summed E-state index contributed by atoms with van der Waals surface area (Å²) in [6.07, 6.45) is 3.39. The summed E-state index contributed by atoms with van der Waals surface area (Å²) in [5.74, 6) is 1.89. The van der Waals surface area contributed by atoms with Crippen molar-refractivity contribution >= 4 is 5.91 Å². The number of benzene rings is 1. The van der Waals surface area contributed by atoms with Crippen LogP contribution in [0.4, 0.5) is 0 Å². The molecule has 1 aromatic rings. The zero-order valence-corrected chi connectivity index (χ0v) is 14.7. The number of carbonyl (C=O) groups is 1. The number of amides is 1. The van der Waals surface area contributed by atoms with Crippen molar-refractivity contribution in [3.8, 4) is 0 Å². The number of carbonyl (C=O) groups excluding carboxylic acids is 1.